The number of nitrogens with one attached hydrogen (secondary N) is 2. The fourth-order valence-electron chi connectivity index (χ4n) is 3.01. The molecule has 6 heteroatoms. The molecule has 3 rings (SSSR count). The molecule has 0 amide bonds. The van der Waals surface area contributed by atoms with Crippen molar-refractivity contribution in [2.45, 2.75) is 45.1 Å². The Hall–Kier alpha value is -2.63. The summed E-state index contributed by atoms with van der Waals surface area (Å²) in [6.45, 7) is 1.87. The number of carbonyl (C=O) groups is 1. The Morgan fingerprint density at radius 2 is 1.75 bits per heavy atom. The van der Waals surface area contributed by atoms with Crippen molar-refractivity contribution in [3.8, 4) is 0 Å². The summed E-state index contributed by atoms with van der Waals surface area (Å²) < 4.78 is 0. The van der Waals surface area contributed by atoms with Gasteiger partial charge in [0.25, 0.3) is 0 Å². The lowest BCUT2D eigenvalue weighted by Gasteiger charge is -2.23. The number of aryl methyl sites for hydroxylation is 1. The molecular weight excluding hydrogens is 304 g/mol. The van der Waals surface area contributed by atoms with Crippen LogP contribution in [0.3, 0.4) is 0 Å². The van der Waals surface area contributed by atoms with Crippen LogP contribution < -0.4 is 10.6 Å². The normalized spacial score (nSPS) is 15.0. The lowest BCUT2D eigenvalue weighted by atomic mass is 9.95. The topological polar surface area (TPSA) is 87.1 Å². The van der Waals surface area contributed by atoms with Gasteiger partial charge in [-0.2, -0.15) is 0 Å². The second-order valence-electron chi connectivity index (χ2n) is 6.17. The van der Waals surface area contributed by atoms with Crippen LogP contribution in [-0.4, -0.2) is 27.1 Å². The maximum atomic E-state index is 10.9. The summed E-state index contributed by atoms with van der Waals surface area (Å²) in [6.07, 6.45) is 6.22. The fourth-order valence-corrected chi connectivity index (χ4v) is 3.01. The average Bonchev–Trinajstić information content (AvgIpc) is 2.55. The molecule has 1 fully saturated rings. The Morgan fingerprint density at radius 1 is 1.08 bits per heavy atom. The van der Waals surface area contributed by atoms with Crippen LogP contribution in [0.4, 0.5) is 17.3 Å². The summed E-state index contributed by atoms with van der Waals surface area (Å²) in [6, 6.07) is 8.98. The molecule has 1 aromatic heterocycles. The van der Waals surface area contributed by atoms with Gasteiger partial charge < -0.3 is 15.7 Å². The van der Waals surface area contributed by atoms with Gasteiger partial charge in [0.15, 0.2) is 0 Å². The standard InChI is InChI=1S/C18H22N4O2/c1-12-19-16(21-14-5-3-2-4-6-14)11-17(20-12)22-15-9-7-13(8-10-15)18(23)24/h7-11,14H,2-6H2,1H3,(H,23,24)(H2,19,20,21,22). The van der Waals surface area contributed by atoms with E-state index in [1.807, 2.05) is 13.0 Å². The summed E-state index contributed by atoms with van der Waals surface area (Å²) in [7, 11) is 0. The fraction of sp³-hybridized carbons (Fsp3) is 0.389. The van der Waals surface area contributed by atoms with Crippen LogP contribution in [0, 0.1) is 6.92 Å². The molecule has 0 bridgehead atoms. The van der Waals surface area contributed by atoms with Crippen molar-refractivity contribution < 1.29 is 9.90 Å². The van der Waals surface area contributed by atoms with Gasteiger partial charge in [-0.25, -0.2) is 14.8 Å². The highest BCUT2D eigenvalue weighted by atomic mass is 16.4. The second kappa shape index (κ2) is 7.29. The van der Waals surface area contributed by atoms with Gasteiger partial charge in [-0.05, 0) is 44.0 Å². The third-order valence-electron chi connectivity index (χ3n) is 4.20. The smallest absolute Gasteiger partial charge is 0.335 e. The number of anilines is 3. The number of carboxylic acids is 1. The van der Waals surface area contributed by atoms with E-state index in [0.29, 0.717) is 17.7 Å². The van der Waals surface area contributed by atoms with Crippen LogP contribution >= 0.6 is 0 Å². The van der Waals surface area contributed by atoms with Gasteiger partial charge in [-0.1, -0.05) is 19.3 Å². The van der Waals surface area contributed by atoms with Crippen molar-refractivity contribution in [2.24, 2.45) is 0 Å². The van der Waals surface area contributed by atoms with E-state index < -0.39 is 5.97 Å². The minimum atomic E-state index is -0.932. The monoisotopic (exact) mass is 326 g/mol. The molecule has 1 aromatic carbocycles. The van der Waals surface area contributed by atoms with E-state index in [2.05, 4.69) is 20.6 Å². The maximum absolute atomic E-state index is 10.9. The molecule has 0 spiro atoms. The van der Waals surface area contributed by atoms with Gasteiger partial charge >= 0.3 is 5.97 Å². The predicted octanol–water partition coefficient (Wildman–Crippen LogP) is 3.97. The molecule has 1 aliphatic rings. The van der Waals surface area contributed by atoms with Gasteiger partial charge in [0.2, 0.25) is 0 Å². The zero-order valence-electron chi connectivity index (χ0n) is 13.7. The summed E-state index contributed by atoms with van der Waals surface area (Å²) in [5.41, 5.74) is 1.06. The SMILES string of the molecule is Cc1nc(Nc2ccc(C(=O)O)cc2)cc(NC2CCCCC2)n1. The number of rotatable bonds is 5. The number of hydrogen-bond donors (Lipinski definition) is 3. The van der Waals surface area contributed by atoms with Crippen molar-refractivity contribution in [3.63, 3.8) is 0 Å². The van der Waals surface area contributed by atoms with E-state index in [1.165, 1.54) is 32.1 Å². The van der Waals surface area contributed by atoms with Gasteiger partial charge in [0, 0.05) is 17.8 Å². The van der Waals surface area contributed by atoms with Crippen LogP contribution in [0.15, 0.2) is 30.3 Å². The first-order valence-electron chi connectivity index (χ1n) is 8.33. The Morgan fingerprint density at radius 3 is 2.42 bits per heavy atom. The summed E-state index contributed by atoms with van der Waals surface area (Å²) >= 11 is 0. The highest BCUT2D eigenvalue weighted by molar-refractivity contribution is 5.88. The summed E-state index contributed by atoms with van der Waals surface area (Å²) in [4.78, 5) is 19.8. The Balaban J connectivity index is 1.71. The Labute approximate surface area is 141 Å². The van der Waals surface area contributed by atoms with E-state index in [1.54, 1.807) is 24.3 Å². The van der Waals surface area contributed by atoms with Crippen molar-refractivity contribution in [3.05, 3.63) is 41.7 Å². The number of aromatic nitrogens is 2. The van der Waals surface area contributed by atoms with Gasteiger partial charge in [-0.15, -0.1) is 0 Å². The number of carboxylic acid groups (broad SMARTS) is 1. The van der Waals surface area contributed by atoms with Crippen LogP contribution in [-0.2, 0) is 0 Å². The maximum Gasteiger partial charge on any atom is 0.335 e. The van der Waals surface area contributed by atoms with Crippen molar-refractivity contribution in [2.75, 3.05) is 10.6 Å². The minimum Gasteiger partial charge on any atom is -0.478 e. The molecule has 1 aliphatic carbocycles. The zero-order valence-corrected chi connectivity index (χ0v) is 13.7. The molecule has 24 heavy (non-hydrogen) atoms. The molecule has 1 saturated carbocycles. The van der Waals surface area contributed by atoms with E-state index in [-0.39, 0.29) is 5.56 Å². The lowest BCUT2D eigenvalue weighted by Crippen LogP contribution is -2.23. The molecule has 3 N–H and O–H groups in total. The molecule has 0 aliphatic heterocycles. The summed E-state index contributed by atoms with van der Waals surface area (Å²) in [5, 5.41) is 15.7. The highest BCUT2D eigenvalue weighted by Crippen LogP contribution is 2.23. The molecule has 0 atom stereocenters. The molecular formula is C18H22N4O2. The Kier molecular flexibility index (Phi) is 4.93. The first-order valence-corrected chi connectivity index (χ1v) is 8.33. The average molecular weight is 326 g/mol. The largest absolute Gasteiger partial charge is 0.478 e. The van der Waals surface area contributed by atoms with Crippen molar-refractivity contribution in [1.29, 1.82) is 0 Å². The third-order valence-corrected chi connectivity index (χ3v) is 4.20. The first kappa shape index (κ1) is 16.2. The van der Waals surface area contributed by atoms with E-state index in [4.69, 9.17) is 5.11 Å². The molecule has 1 heterocycles. The predicted molar refractivity (Wildman–Crippen MR) is 93.9 cm³/mol. The third kappa shape index (κ3) is 4.22. The van der Waals surface area contributed by atoms with Crippen molar-refractivity contribution >= 4 is 23.3 Å². The Bertz CT molecular complexity index is 709. The molecule has 0 saturated heterocycles. The quantitative estimate of drug-likeness (QED) is 0.770. The van der Waals surface area contributed by atoms with E-state index >= 15 is 0 Å². The first-order chi connectivity index (χ1) is 11.6. The van der Waals surface area contributed by atoms with Gasteiger partial charge in [0.1, 0.15) is 17.5 Å². The highest BCUT2D eigenvalue weighted by Gasteiger charge is 2.14. The van der Waals surface area contributed by atoms with Crippen LogP contribution in [0.1, 0.15) is 48.3 Å². The van der Waals surface area contributed by atoms with Gasteiger partial charge in [-0.3, -0.25) is 0 Å². The zero-order chi connectivity index (χ0) is 16.9. The number of nitrogens with zero attached hydrogens (tertiary/aromatic N) is 2. The second-order valence-corrected chi connectivity index (χ2v) is 6.17. The lowest BCUT2D eigenvalue weighted by molar-refractivity contribution is 0.0697. The molecule has 2 aromatic rings. The number of aromatic carboxylic acids is 1. The van der Waals surface area contributed by atoms with Crippen LogP contribution in [0.2, 0.25) is 0 Å². The minimum absolute atomic E-state index is 0.263. The number of hydrogen-bond acceptors (Lipinski definition) is 5. The molecule has 6 nitrogen and oxygen atoms in total. The summed E-state index contributed by atoms with van der Waals surface area (Å²) in [5.74, 6) is 1.29. The van der Waals surface area contributed by atoms with Crippen LogP contribution in [0.5, 0.6) is 0 Å². The van der Waals surface area contributed by atoms with Gasteiger partial charge in [0.05, 0.1) is 5.56 Å². The molecule has 126 valence electrons. The molecule has 0 radical (unpaired) electrons. The molecule has 0 unspecified atom stereocenters. The van der Waals surface area contributed by atoms with Crippen molar-refractivity contribution in [1.82, 2.24) is 9.97 Å². The van der Waals surface area contributed by atoms with Crippen LogP contribution in [0.25, 0.3) is 0 Å². The van der Waals surface area contributed by atoms with E-state index in [9.17, 15) is 4.79 Å². The number of benzene rings is 1. The van der Waals surface area contributed by atoms with E-state index in [0.717, 1.165) is 11.5 Å².